The van der Waals surface area contributed by atoms with Gasteiger partial charge in [-0.15, -0.1) is 0 Å². The minimum atomic E-state index is -0.155. The number of nitrogens with zero attached hydrogens (tertiary/aromatic N) is 2. The van der Waals surface area contributed by atoms with E-state index in [4.69, 9.17) is 0 Å². The van der Waals surface area contributed by atoms with Crippen molar-refractivity contribution >= 4 is 34.1 Å². The zero-order valence-electron chi connectivity index (χ0n) is 39.1. The second kappa shape index (κ2) is 16.0. The molecule has 8 aromatic rings. The molecule has 330 valence electrons. The van der Waals surface area contributed by atoms with Gasteiger partial charge in [0, 0.05) is 39.5 Å². The van der Waals surface area contributed by atoms with E-state index in [2.05, 4.69) is 212 Å². The predicted octanol–water partition coefficient (Wildman–Crippen LogP) is 17.0. The van der Waals surface area contributed by atoms with E-state index in [1.165, 1.54) is 128 Å². The first-order chi connectivity index (χ1) is 32.9. The molecule has 4 fully saturated rings. The predicted molar refractivity (Wildman–Crippen MR) is 280 cm³/mol. The van der Waals surface area contributed by atoms with E-state index in [1.807, 2.05) is 0 Å². The Labute approximate surface area is 398 Å². The number of rotatable bonds is 8. The molecule has 8 aromatic carbocycles. The van der Waals surface area contributed by atoms with Crippen LogP contribution in [0.1, 0.15) is 91.3 Å². The van der Waals surface area contributed by atoms with Crippen molar-refractivity contribution < 1.29 is 0 Å². The van der Waals surface area contributed by atoms with Crippen LogP contribution in [0.15, 0.2) is 188 Å². The van der Waals surface area contributed by atoms with Crippen molar-refractivity contribution in [2.24, 2.45) is 17.8 Å². The molecule has 0 heterocycles. The second-order valence-electron chi connectivity index (χ2n) is 21.5. The molecule has 67 heavy (non-hydrogen) atoms. The van der Waals surface area contributed by atoms with Gasteiger partial charge in [0.05, 0.1) is 0 Å². The smallest absolute Gasteiger partial charge is 0.0496 e. The third-order valence-corrected chi connectivity index (χ3v) is 17.0. The molecule has 0 aromatic heterocycles. The molecule has 2 nitrogen and oxygen atoms in total. The minimum absolute atomic E-state index is 0.155. The molecule has 0 atom stereocenters. The Morgan fingerprint density at radius 2 is 0.896 bits per heavy atom. The van der Waals surface area contributed by atoms with Gasteiger partial charge < -0.3 is 9.80 Å². The van der Waals surface area contributed by atoms with Crippen molar-refractivity contribution in [3.05, 3.63) is 227 Å². The summed E-state index contributed by atoms with van der Waals surface area (Å²) in [5.74, 6) is 2.75. The van der Waals surface area contributed by atoms with Crippen LogP contribution in [0.2, 0.25) is 0 Å². The Balaban J connectivity index is 0.959. The zero-order valence-corrected chi connectivity index (χ0v) is 39.1. The van der Waals surface area contributed by atoms with Gasteiger partial charge in [-0.25, -0.2) is 0 Å². The summed E-state index contributed by atoms with van der Waals surface area (Å²) in [6.45, 7) is 4.86. The summed E-state index contributed by atoms with van der Waals surface area (Å²) in [6.07, 6.45) is 12.3. The summed E-state index contributed by atoms with van der Waals surface area (Å²) < 4.78 is 0. The fourth-order valence-corrected chi connectivity index (χ4v) is 14.1. The molecular weight excluding hydrogens is 809 g/mol. The molecule has 8 bridgehead atoms. The molecule has 0 spiro atoms. The quantitative estimate of drug-likeness (QED) is 0.150. The van der Waals surface area contributed by atoms with E-state index in [9.17, 15) is 0 Å². The average Bonchev–Trinajstić information content (AvgIpc) is 3.59. The van der Waals surface area contributed by atoms with Gasteiger partial charge in [0.15, 0.2) is 0 Å². The summed E-state index contributed by atoms with van der Waals surface area (Å²) in [7, 11) is 0. The summed E-state index contributed by atoms with van der Waals surface area (Å²) >= 11 is 0. The molecule has 4 saturated carbocycles. The largest absolute Gasteiger partial charge is 0.310 e. The number of hydrogen-bond donors (Lipinski definition) is 0. The fourth-order valence-electron chi connectivity index (χ4n) is 14.1. The molecule has 0 unspecified atom stereocenters. The number of benzene rings is 8. The molecule has 17 rings (SSSR count). The highest BCUT2D eigenvalue weighted by molar-refractivity contribution is 5.96. The number of aryl methyl sites for hydroxylation is 4. The standard InChI is InChI=1S/C65H60N2/c1-64(2)59-21-13-12-20-57(59)63-58(49-14-6-3-7-15-49)39-56(40-60(63)64)67(55-32-30-52(31-33-55)65-41-46-34-47(42-65)36-48(35-46)43-65)62-38-45-23-27-50-26-22-44(24-28-51(62)29-25-45)37-61(50)66(53-16-8-4-9-17-53)54-18-10-5-11-19-54/h3-22,25-26,29-33,37-40,46-48H,23-24,27-28,34-36,41-43H2,1-2H3. The van der Waals surface area contributed by atoms with Gasteiger partial charge in [0.1, 0.15) is 0 Å². The molecule has 0 aliphatic heterocycles. The van der Waals surface area contributed by atoms with Gasteiger partial charge in [-0.05, 0) is 209 Å². The molecular formula is C65H60N2. The van der Waals surface area contributed by atoms with Crippen LogP contribution in [0.3, 0.4) is 0 Å². The van der Waals surface area contributed by atoms with Crippen LogP contribution in [0, 0.1) is 17.8 Å². The monoisotopic (exact) mass is 868 g/mol. The molecule has 0 amide bonds. The maximum absolute atomic E-state index is 2.65. The van der Waals surface area contributed by atoms with Crippen molar-refractivity contribution in [2.75, 3.05) is 9.80 Å². The lowest BCUT2D eigenvalue weighted by Crippen LogP contribution is -2.48. The maximum atomic E-state index is 2.65. The molecule has 9 aliphatic rings. The molecule has 0 N–H and O–H groups in total. The fraction of sp³-hybridized carbons (Fsp3) is 0.262. The number of anilines is 6. The topological polar surface area (TPSA) is 6.48 Å². The van der Waals surface area contributed by atoms with Gasteiger partial charge in [-0.2, -0.15) is 0 Å². The van der Waals surface area contributed by atoms with E-state index < -0.39 is 0 Å². The Hall–Kier alpha value is -6.64. The van der Waals surface area contributed by atoms with Crippen molar-refractivity contribution in [3.8, 4) is 22.3 Å². The molecule has 2 heteroatoms. The van der Waals surface area contributed by atoms with Crippen LogP contribution in [0.4, 0.5) is 34.1 Å². The van der Waals surface area contributed by atoms with Crippen LogP contribution in [-0.4, -0.2) is 0 Å². The average molecular weight is 869 g/mol. The summed E-state index contributed by atoms with van der Waals surface area (Å²) in [5, 5.41) is 0. The number of para-hydroxylation sites is 2. The highest BCUT2D eigenvalue weighted by atomic mass is 15.2. The third-order valence-electron chi connectivity index (χ3n) is 17.0. The SMILES string of the molecule is CC1(C)c2ccccc2-c2c(-c3ccccc3)cc(N(c3ccc(C45CC6CC(CC(C6)C4)C5)cc3)c3cc4ccc3CCc3ccc(c(N(c5ccccc5)c5ccccc5)c3)CC4)cc21. The number of hydrogen-bond acceptors (Lipinski definition) is 2. The highest BCUT2D eigenvalue weighted by Crippen LogP contribution is 2.61. The van der Waals surface area contributed by atoms with E-state index in [0.717, 1.165) is 43.4 Å². The van der Waals surface area contributed by atoms with Crippen molar-refractivity contribution in [3.63, 3.8) is 0 Å². The van der Waals surface area contributed by atoms with Gasteiger partial charge >= 0.3 is 0 Å². The van der Waals surface area contributed by atoms with Crippen LogP contribution >= 0.6 is 0 Å². The Bertz CT molecular complexity index is 3050. The summed E-state index contributed by atoms with van der Waals surface area (Å²) in [6, 6.07) is 72.0. The molecule has 0 radical (unpaired) electrons. The van der Waals surface area contributed by atoms with Crippen LogP contribution in [0.25, 0.3) is 22.3 Å². The van der Waals surface area contributed by atoms with E-state index in [1.54, 1.807) is 5.56 Å². The Morgan fingerprint density at radius 3 is 1.46 bits per heavy atom. The maximum Gasteiger partial charge on any atom is 0.0496 e. The first-order valence-corrected chi connectivity index (χ1v) is 25.3. The van der Waals surface area contributed by atoms with Crippen molar-refractivity contribution in [2.45, 2.75) is 88.9 Å². The van der Waals surface area contributed by atoms with Gasteiger partial charge in [-0.1, -0.05) is 141 Å². The van der Waals surface area contributed by atoms with Gasteiger partial charge in [0.25, 0.3) is 0 Å². The summed E-state index contributed by atoms with van der Waals surface area (Å²) in [4.78, 5) is 5.12. The van der Waals surface area contributed by atoms with Crippen LogP contribution in [-0.2, 0) is 36.5 Å². The Kier molecular flexibility index (Phi) is 9.71. The minimum Gasteiger partial charge on any atom is -0.310 e. The van der Waals surface area contributed by atoms with Crippen molar-refractivity contribution in [1.29, 1.82) is 0 Å². The normalized spacial score (nSPS) is 21.6. The molecule has 9 aliphatic carbocycles. The third kappa shape index (κ3) is 6.97. The first kappa shape index (κ1) is 40.6. The first-order valence-electron chi connectivity index (χ1n) is 25.3. The van der Waals surface area contributed by atoms with Crippen LogP contribution in [0.5, 0.6) is 0 Å². The van der Waals surface area contributed by atoms with Gasteiger partial charge in [-0.3, -0.25) is 0 Å². The lowest BCUT2D eigenvalue weighted by Gasteiger charge is -2.57. The summed E-state index contributed by atoms with van der Waals surface area (Å²) in [5.41, 5.74) is 22.8. The van der Waals surface area contributed by atoms with E-state index in [-0.39, 0.29) is 5.41 Å². The lowest BCUT2D eigenvalue weighted by molar-refractivity contribution is -0.00518. The van der Waals surface area contributed by atoms with Crippen LogP contribution < -0.4 is 9.80 Å². The highest BCUT2D eigenvalue weighted by Gasteiger charge is 2.51. The van der Waals surface area contributed by atoms with E-state index >= 15 is 0 Å². The second-order valence-corrected chi connectivity index (χ2v) is 21.5. The lowest BCUT2D eigenvalue weighted by atomic mass is 9.48. The van der Waals surface area contributed by atoms with Gasteiger partial charge in [0.2, 0.25) is 0 Å². The van der Waals surface area contributed by atoms with Crippen molar-refractivity contribution in [1.82, 2.24) is 0 Å². The number of fused-ring (bicyclic) bond motifs is 3. The molecule has 0 saturated heterocycles. The Morgan fingerprint density at radius 1 is 0.403 bits per heavy atom. The zero-order chi connectivity index (χ0) is 44.7. The van der Waals surface area contributed by atoms with E-state index in [0.29, 0.717) is 5.41 Å².